The first kappa shape index (κ1) is 16.8. The number of hydrogen-bond donors (Lipinski definition) is 2. The number of carbonyl (C=O) groups excluding carboxylic acids is 1. The first-order valence-electron chi connectivity index (χ1n) is 8.95. The summed E-state index contributed by atoms with van der Waals surface area (Å²) in [6, 6.07) is 11.2. The molecule has 2 N–H and O–H groups in total. The number of rotatable bonds is 4. The molecule has 2 aliphatic rings. The number of piperidine rings is 1. The normalized spacial score (nSPS) is 24.6. The van der Waals surface area contributed by atoms with E-state index in [1.807, 2.05) is 7.05 Å². The van der Waals surface area contributed by atoms with E-state index in [0.29, 0.717) is 24.3 Å². The van der Waals surface area contributed by atoms with Gasteiger partial charge in [0.25, 0.3) is 0 Å². The molecule has 24 heavy (non-hydrogen) atoms. The minimum atomic E-state index is 0.152. The van der Waals surface area contributed by atoms with E-state index in [1.54, 1.807) is 7.05 Å². The SMILES string of the molecule is CN=C(NC1CC1c1ccccc1)N1CCC(CC(=O)NC)CC1. The molecule has 2 unspecified atom stereocenters. The fourth-order valence-electron chi connectivity index (χ4n) is 3.60. The van der Waals surface area contributed by atoms with E-state index in [9.17, 15) is 4.79 Å². The van der Waals surface area contributed by atoms with Crippen LogP contribution in [0.4, 0.5) is 0 Å². The van der Waals surface area contributed by atoms with Crippen LogP contribution in [0.1, 0.15) is 37.2 Å². The molecule has 1 saturated carbocycles. The van der Waals surface area contributed by atoms with Gasteiger partial charge in [0.2, 0.25) is 5.91 Å². The third-order valence-electron chi connectivity index (χ3n) is 5.21. The lowest BCUT2D eigenvalue weighted by molar-refractivity contribution is -0.121. The van der Waals surface area contributed by atoms with Gasteiger partial charge < -0.3 is 15.5 Å². The smallest absolute Gasteiger partial charge is 0.220 e. The van der Waals surface area contributed by atoms with Crippen LogP contribution in [0.5, 0.6) is 0 Å². The lowest BCUT2D eigenvalue weighted by Crippen LogP contribution is -2.46. The molecule has 2 atom stereocenters. The topological polar surface area (TPSA) is 56.7 Å². The monoisotopic (exact) mass is 328 g/mol. The van der Waals surface area contributed by atoms with Crippen molar-refractivity contribution in [2.75, 3.05) is 27.2 Å². The molecule has 130 valence electrons. The van der Waals surface area contributed by atoms with Gasteiger partial charge in [0, 0.05) is 45.6 Å². The van der Waals surface area contributed by atoms with Crippen LogP contribution < -0.4 is 10.6 Å². The first-order valence-corrected chi connectivity index (χ1v) is 8.95. The fourth-order valence-corrected chi connectivity index (χ4v) is 3.60. The Hall–Kier alpha value is -2.04. The van der Waals surface area contributed by atoms with Crippen LogP contribution in [0.3, 0.4) is 0 Å². The Bertz CT molecular complexity index is 578. The number of amides is 1. The summed E-state index contributed by atoms with van der Waals surface area (Å²) in [5.41, 5.74) is 1.41. The molecule has 0 bridgehead atoms. The average Bonchev–Trinajstić information content (AvgIpc) is 3.40. The van der Waals surface area contributed by atoms with Crippen LogP contribution in [-0.4, -0.2) is 50.0 Å². The van der Waals surface area contributed by atoms with Gasteiger partial charge in [-0.3, -0.25) is 9.79 Å². The van der Waals surface area contributed by atoms with Crippen molar-refractivity contribution in [3.05, 3.63) is 35.9 Å². The molecule has 1 aliphatic heterocycles. The van der Waals surface area contributed by atoms with Crippen molar-refractivity contribution in [2.45, 2.75) is 37.6 Å². The molecule has 1 amide bonds. The summed E-state index contributed by atoms with van der Waals surface area (Å²) in [4.78, 5) is 18.3. The zero-order valence-electron chi connectivity index (χ0n) is 14.7. The van der Waals surface area contributed by atoms with Gasteiger partial charge in [-0.25, -0.2) is 0 Å². The third-order valence-corrected chi connectivity index (χ3v) is 5.21. The Morgan fingerprint density at radius 2 is 1.96 bits per heavy atom. The highest BCUT2D eigenvalue weighted by molar-refractivity contribution is 5.81. The molecule has 0 spiro atoms. The zero-order chi connectivity index (χ0) is 16.9. The van der Waals surface area contributed by atoms with Gasteiger partial charge in [0.15, 0.2) is 5.96 Å². The summed E-state index contributed by atoms with van der Waals surface area (Å²) < 4.78 is 0. The van der Waals surface area contributed by atoms with Gasteiger partial charge in [0.1, 0.15) is 0 Å². The molecule has 1 aromatic rings. The average molecular weight is 328 g/mol. The molecule has 1 aliphatic carbocycles. The quantitative estimate of drug-likeness (QED) is 0.656. The number of carbonyl (C=O) groups is 1. The number of benzene rings is 1. The zero-order valence-corrected chi connectivity index (χ0v) is 14.7. The van der Waals surface area contributed by atoms with Crippen LogP contribution in [0.2, 0.25) is 0 Å². The molecule has 1 heterocycles. The summed E-state index contributed by atoms with van der Waals surface area (Å²) in [6.45, 7) is 1.95. The maximum atomic E-state index is 11.5. The van der Waals surface area contributed by atoms with E-state index in [0.717, 1.165) is 31.9 Å². The molecule has 5 heteroatoms. The number of guanidine groups is 1. The molecule has 2 fully saturated rings. The van der Waals surface area contributed by atoms with Crippen molar-refractivity contribution in [1.29, 1.82) is 0 Å². The molecular formula is C19H28N4O. The fraction of sp³-hybridized carbons (Fsp3) is 0.579. The predicted molar refractivity (Wildman–Crippen MR) is 97.1 cm³/mol. The summed E-state index contributed by atoms with van der Waals surface area (Å²) >= 11 is 0. The maximum absolute atomic E-state index is 11.5. The highest BCUT2D eigenvalue weighted by Gasteiger charge is 2.39. The van der Waals surface area contributed by atoms with E-state index in [-0.39, 0.29) is 5.91 Å². The Labute approximate surface area is 144 Å². The number of hydrogen-bond acceptors (Lipinski definition) is 2. The molecule has 0 radical (unpaired) electrons. The largest absolute Gasteiger partial charge is 0.359 e. The van der Waals surface area contributed by atoms with Crippen molar-refractivity contribution in [1.82, 2.24) is 15.5 Å². The van der Waals surface area contributed by atoms with Crippen LogP contribution >= 0.6 is 0 Å². The van der Waals surface area contributed by atoms with Crippen molar-refractivity contribution in [3.63, 3.8) is 0 Å². The van der Waals surface area contributed by atoms with Gasteiger partial charge >= 0.3 is 0 Å². The van der Waals surface area contributed by atoms with Crippen LogP contribution in [-0.2, 0) is 4.79 Å². The maximum Gasteiger partial charge on any atom is 0.220 e. The second-order valence-electron chi connectivity index (χ2n) is 6.86. The standard InChI is InChI=1S/C19H28N4O/c1-20-18(24)12-14-8-10-23(11-9-14)19(21-2)22-17-13-16(17)15-6-4-3-5-7-15/h3-7,14,16-17H,8-13H2,1-2H3,(H,20,24)(H,21,22). The molecule has 1 saturated heterocycles. The van der Waals surface area contributed by atoms with E-state index < -0.39 is 0 Å². The van der Waals surface area contributed by atoms with E-state index in [1.165, 1.54) is 12.0 Å². The summed E-state index contributed by atoms with van der Waals surface area (Å²) in [5.74, 6) is 2.27. The Morgan fingerprint density at radius 3 is 2.58 bits per heavy atom. The van der Waals surface area contributed by atoms with Crippen molar-refractivity contribution < 1.29 is 4.79 Å². The Balaban J connectivity index is 1.47. The minimum absolute atomic E-state index is 0.152. The summed E-state index contributed by atoms with van der Waals surface area (Å²) in [7, 11) is 3.57. The lowest BCUT2D eigenvalue weighted by Gasteiger charge is -2.34. The van der Waals surface area contributed by atoms with Gasteiger partial charge in [-0.05, 0) is 30.7 Å². The van der Waals surface area contributed by atoms with E-state index >= 15 is 0 Å². The van der Waals surface area contributed by atoms with E-state index in [4.69, 9.17) is 0 Å². The van der Waals surface area contributed by atoms with E-state index in [2.05, 4.69) is 50.9 Å². The van der Waals surface area contributed by atoms with Gasteiger partial charge in [-0.2, -0.15) is 0 Å². The molecular weight excluding hydrogens is 300 g/mol. The highest BCUT2D eigenvalue weighted by atomic mass is 16.1. The lowest BCUT2D eigenvalue weighted by atomic mass is 9.93. The molecule has 5 nitrogen and oxygen atoms in total. The van der Waals surface area contributed by atoms with Crippen LogP contribution in [0.25, 0.3) is 0 Å². The Kier molecular flexibility index (Phi) is 5.38. The van der Waals surface area contributed by atoms with Crippen molar-refractivity contribution in [3.8, 4) is 0 Å². The molecule has 0 aromatic heterocycles. The minimum Gasteiger partial charge on any atom is -0.359 e. The Morgan fingerprint density at radius 1 is 1.25 bits per heavy atom. The number of nitrogens with zero attached hydrogens (tertiary/aromatic N) is 2. The predicted octanol–water partition coefficient (Wildman–Crippen LogP) is 1.97. The summed E-state index contributed by atoms with van der Waals surface area (Å²) in [6.07, 6.45) is 3.94. The number of nitrogens with one attached hydrogen (secondary N) is 2. The van der Waals surface area contributed by atoms with Crippen molar-refractivity contribution in [2.24, 2.45) is 10.9 Å². The van der Waals surface area contributed by atoms with Crippen LogP contribution in [0.15, 0.2) is 35.3 Å². The third kappa shape index (κ3) is 4.08. The molecule has 1 aromatic carbocycles. The van der Waals surface area contributed by atoms with Crippen LogP contribution in [0, 0.1) is 5.92 Å². The second kappa shape index (κ2) is 7.69. The molecule has 3 rings (SSSR count). The number of likely N-dealkylation sites (tertiary alicyclic amines) is 1. The van der Waals surface area contributed by atoms with Gasteiger partial charge in [-0.15, -0.1) is 0 Å². The first-order chi connectivity index (χ1) is 11.7. The van der Waals surface area contributed by atoms with Gasteiger partial charge in [-0.1, -0.05) is 30.3 Å². The number of aliphatic imine (C=N–C) groups is 1. The second-order valence-corrected chi connectivity index (χ2v) is 6.86. The van der Waals surface area contributed by atoms with Crippen molar-refractivity contribution >= 4 is 11.9 Å². The van der Waals surface area contributed by atoms with Gasteiger partial charge in [0.05, 0.1) is 0 Å². The highest BCUT2D eigenvalue weighted by Crippen LogP contribution is 2.40. The summed E-state index contributed by atoms with van der Waals surface area (Å²) in [5, 5.41) is 6.35.